The minimum atomic E-state index is -0.284. The van der Waals surface area contributed by atoms with Gasteiger partial charge in [0.15, 0.2) is 0 Å². The second-order valence-electron chi connectivity index (χ2n) is 7.00. The highest BCUT2D eigenvalue weighted by molar-refractivity contribution is 6.33. The summed E-state index contributed by atoms with van der Waals surface area (Å²) in [5.41, 5.74) is 4.65. The minimum Gasteiger partial charge on any atom is -0.497 e. The number of aryl methyl sites for hydroxylation is 1. The maximum absolute atomic E-state index is 13.4. The average Bonchev–Trinajstić information content (AvgIpc) is 2.76. The van der Waals surface area contributed by atoms with Crippen molar-refractivity contribution in [1.82, 2.24) is 4.90 Å². The predicted molar refractivity (Wildman–Crippen MR) is 113 cm³/mol. The van der Waals surface area contributed by atoms with Gasteiger partial charge in [-0.15, -0.1) is 0 Å². The van der Waals surface area contributed by atoms with Crippen LogP contribution in [0.25, 0.3) is 11.6 Å². The van der Waals surface area contributed by atoms with Crippen molar-refractivity contribution in [2.24, 2.45) is 0 Å². The lowest BCUT2D eigenvalue weighted by molar-refractivity contribution is -0.123. The molecule has 4 rings (SSSR count). The lowest BCUT2D eigenvalue weighted by Gasteiger charge is -2.29. The van der Waals surface area contributed by atoms with E-state index in [4.69, 9.17) is 4.74 Å². The molecule has 0 spiro atoms. The van der Waals surface area contributed by atoms with Crippen LogP contribution in [-0.2, 0) is 11.3 Å². The molecule has 29 heavy (non-hydrogen) atoms. The van der Waals surface area contributed by atoms with Crippen LogP contribution < -0.4 is 4.74 Å². The first kappa shape index (κ1) is 18.7. The van der Waals surface area contributed by atoms with Crippen LogP contribution in [-0.4, -0.2) is 23.8 Å². The Kier molecular flexibility index (Phi) is 5.00. The third kappa shape index (κ3) is 3.57. The van der Waals surface area contributed by atoms with Gasteiger partial charge in [-0.3, -0.25) is 14.5 Å². The van der Waals surface area contributed by atoms with E-state index in [-0.39, 0.29) is 18.4 Å². The fraction of sp³-hybridized carbons (Fsp3) is 0.120. The standard InChI is InChI=1S/C25H21NO3/c1-17-7-3-4-8-19(17)15-23-21-9-5-6-10-22(21)24(27)26(25(23)28)16-18-11-13-20(29-2)14-12-18/h3-15H,16H2,1-2H3/b23-15-. The predicted octanol–water partition coefficient (Wildman–Crippen LogP) is 4.73. The Labute approximate surface area is 170 Å². The van der Waals surface area contributed by atoms with Crippen molar-refractivity contribution in [2.45, 2.75) is 13.5 Å². The fourth-order valence-electron chi connectivity index (χ4n) is 3.50. The summed E-state index contributed by atoms with van der Waals surface area (Å²) in [6.45, 7) is 2.22. The zero-order valence-electron chi connectivity index (χ0n) is 16.4. The van der Waals surface area contributed by atoms with Crippen LogP contribution in [0.15, 0.2) is 72.8 Å². The zero-order chi connectivity index (χ0) is 20.4. The average molecular weight is 383 g/mol. The van der Waals surface area contributed by atoms with E-state index in [0.717, 1.165) is 22.4 Å². The number of amides is 2. The molecule has 1 aliphatic heterocycles. The second-order valence-corrected chi connectivity index (χ2v) is 7.00. The first-order valence-corrected chi connectivity index (χ1v) is 9.44. The Morgan fingerprint density at radius 1 is 0.828 bits per heavy atom. The fourth-order valence-corrected chi connectivity index (χ4v) is 3.50. The van der Waals surface area contributed by atoms with E-state index in [0.29, 0.717) is 16.7 Å². The van der Waals surface area contributed by atoms with Crippen LogP contribution >= 0.6 is 0 Å². The number of ether oxygens (including phenoxy) is 1. The Morgan fingerprint density at radius 3 is 2.17 bits per heavy atom. The number of imide groups is 1. The molecule has 0 aromatic heterocycles. The molecule has 0 bridgehead atoms. The molecule has 144 valence electrons. The topological polar surface area (TPSA) is 46.6 Å². The molecule has 4 heteroatoms. The molecule has 0 radical (unpaired) electrons. The maximum Gasteiger partial charge on any atom is 0.261 e. The molecule has 0 N–H and O–H groups in total. The van der Waals surface area contributed by atoms with E-state index in [1.165, 1.54) is 4.90 Å². The molecule has 1 heterocycles. The van der Waals surface area contributed by atoms with Crippen molar-refractivity contribution >= 4 is 23.5 Å². The second kappa shape index (κ2) is 7.76. The zero-order valence-corrected chi connectivity index (χ0v) is 16.4. The highest BCUT2D eigenvalue weighted by Gasteiger charge is 2.34. The molecule has 0 unspecified atom stereocenters. The summed E-state index contributed by atoms with van der Waals surface area (Å²) < 4.78 is 5.19. The lowest BCUT2D eigenvalue weighted by Crippen LogP contribution is -2.41. The summed E-state index contributed by atoms with van der Waals surface area (Å²) in [4.78, 5) is 27.7. The SMILES string of the molecule is COc1ccc(CN2C(=O)/C(=C\c3ccccc3C)c3ccccc3C2=O)cc1. The van der Waals surface area contributed by atoms with E-state index in [9.17, 15) is 9.59 Å². The van der Waals surface area contributed by atoms with Gasteiger partial charge < -0.3 is 4.74 Å². The van der Waals surface area contributed by atoms with Crippen LogP contribution in [0.3, 0.4) is 0 Å². The first-order chi connectivity index (χ1) is 14.1. The molecule has 0 atom stereocenters. The quantitative estimate of drug-likeness (QED) is 0.483. The summed E-state index contributed by atoms with van der Waals surface area (Å²) >= 11 is 0. The summed E-state index contributed by atoms with van der Waals surface area (Å²) in [6, 6.07) is 22.6. The number of benzene rings is 3. The number of hydrogen-bond donors (Lipinski definition) is 0. The van der Waals surface area contributed by atoms with Crippen LogP contribution in [0.5, 0.6) is 5.75 Å². The van der Waals surface area contributed by atoms with Gasteiger partial charge in [0.05, 0.1) is 13.7 Å². The molecule has 4 nitrogen and oxygen atoms in total. The van der Waals surface area contributed by atoms with Gasteiger partial charge in [0.25, 0.3) is 11.8 Å². The third-order valence-electron chi connectivity index (χ3n) is 5.16. The molecule has 1 aliphatic rings. The van der Waals surface area contributed by atoms with Crippen LogP contribution in [0.1, 0.15) is 32.6 Å². The third-order valence-corrected chi connectivity index (χ3v) is 5.16. The van der Waals surface area contributed by atoms with Crippen molar-refractivity contribution in [3.8, 4) is 5.75 Å². The molecular weight excluding hydrogens is 362 g/mol. The van der Waals surface area contributed by atoms with E-state index < -0.39 is 0 Å². The Bertz CT molecular complexity index is 1110. The number of carbonyl (C=O) groups is 2. The van der Waals surface area contributed by atoms with Crippen molar-refractivity contribution in [2.75, 3.05) is 7.11 Å². The van der Waals surface area contributed by atoms with Crippen molar-refractivity contribution in [3.63, 3.8) is 0 Å². The summed E-state index contributed by atoms with van der Waals surface area (Å²) in [5.74, 6) is 0.173. The highest BCUT2D eigenvalue weighted by Crippen LogP contribution is 2.32. The number of hydrogen-bond acceptors (Lipinski definition) is 3. The monoisotopic (exact) mass is 383 g/mol. The van der Waals surface area contributed by atoms with Crippen molar-refractivity contribution in [1.29, 1.82) is 0 Å². The number of rotatable bonds is 4. The first-order valence-electron chi connectivity index (χ1n) is 9.44. The number of methoxy groups -OCH3 is 1. The molecule has 0 fully saturated rings. The van der Waals surface area contributed by atoms with Crippen LogP contribution in [0.4, 0.5) is 0 Å². The molecule has 0 saturated carbocycles. The smallest absolute Gasteiger partial charge is 0.261 e. The van der Waals surface area contributed by atoms with Crippen molar-refractivity contribution in [3.05, 3.63) is 101 Å². The lowest BCUT2D eigenvalue weighted by atomic mass is 9.91. The van der Waals surface area contributed by atoms with Gasteiger partial charge in [-0.25, -0.2) is 0 Å². The summed E-state index contributed by atoms with van der Waals surface area (Å²) in [6.07, 6.45) is 1.88. The van der Waals surface area contributed by atoms with Gasteiger partial charge in [-0.05, 0) is 53.5 Å². The van der Waals surface area contributed by atoms with Crippen LogP contribution in [0.2, 0.25) is 0 Å². The summed E-state index contributed by atoms with van der Waals surface area (Å²) in [7, 11) is 1.60. The molecule has 0 aliphatic carbocycles. The molecule has 3 aromatic rings. The van der Waals surface area contributed by atoms with Gasteiger partial charge >= 0.3 is 0 Å². The largest absolute Gasteiger partial charge is 0.497 e. The van der Waals surface area contributed by atoms with E-state index in [1.807, 2.05) is 79.7 Å². The Morgan fingerprint density at radius 2 is 1.48 bits per heavy atom. The van der Waals surface area contributed by atoms with Gasteiger partial charge in [0, 0.05) is 11.1 Å². The highest BCUT2D eigenvalue weighted by atomic mass is 16.5. The molecule has 0 saturated heterocycles. The Hall–Kier alpha value is -3.66. The summed E-state index contributed by atoms with van der Waals surface area (Å²) in [5, 5.41) is 0. The van der Waals surface area contributed by atoms with Crippen LogP contribution in [0, 0.1) is 6.92 Å². The minimum absolute atomic E-state index is 0.209. The van der Waals surface area contributed by atoms with E-state index in [2.05, 4.69) is 0 Å². The number of carbonyl (C=O) groups excluding carboxylic acids is 2. The molecule has 2 amide bonds. The van der Waals surface area contributed by atoms with Gasteiger partial charge in [-0.2, -0.15) is 0 Å². The molecular formula is C25H21NO3. The number of nitrogens with zero attached hydrogens (tertiary/aromatic N) is 1. The van der Waals surface area contributed by atoms with Gasteiger partial charge in [0.1, 0.15) is 5.75 Å². The number of fused-ring (bicyclic) bond motifs is 1. The van der Waals surface area contributed by atoms with E-state index >= 15 is 0 Å². The normalized spacial score (nSPS) is 14.8. The van der Waals surface area contributed by atoms with Crippen molar-refractivity contribution < 1.29 is 14.3 Å². The van der Waals surface area contributed by atoms with E-state index in [1.54, 1.807) is 13.2 Å². The maximum atomic E-state index is 13.4. The Balaban J connectivity index is 1.77. The van der Waals surface area contributed by atoms with Gasteiger partial charge in [0.2, 0.25) is 0 Å². The molecule has 3 aromatic carbocycles. The van der Waals surface area contributed by atoms with Gasteiger partial charge in [-0.1, -0.05) is 54.6 Å².